The molecule has 126 valence electrons. The smallest absolute Gasteiger partial charge is 0.0575 e. The minimum absolute atomic E-state index is 0.535. The third-order valence-corrected chi connectivity index (χ3v) is 5.81. The standard InChI is InChI=1S/C21H36O/c1-3-5-17-22-21-15-13-20(14-16-21)12-11-19-9-7-18(6-4-2)8-10-19/h3-4,6,18-21H,1,5,7-17H2,2H3. The molecule has 2 saturated carbocycles. The Morgan fingerprint density at radius 1 is 0.909 bits per heavy atom. The van der Waals surface area contributed by atoms with Gasteiger partial charge in [-0.3, -0.25) is 0 Å². The Morgan fingerprint density at radius 3 is 2.05 bits per heavy atom. The van der Waals surface area contributed by atoms with Crippen molar-refractivity contribution in [2.24, 2.45) is 17.8 Å². The summed E-state index contributed by atoms with van der Waals surface area (Å²) in [5, 5.41) is 0. The molecule has 0 heterocycles. The topological polar surface area (TPSA) is 9.23 Å². The van der Waals surface area contributed by atoms with Gasteiger partial charge in [0.05, 0.1) is 12.7 Å². The number of rotatable bonds is 8. The monoisotopic (exact) mass is 304 g/mol. The van der Waals surface area contributed by atoms with Gasteiger partial charge in [-0.2, -0.15) is 0 Å². The van der Waals surface area contributed by atoms with Crippen molar-refractivity contribution in [1.82, 2.24) is 0 Å². The van der Waals surface area contributed by atoms with Gasteiger partial charge in [0, 0.05) is 0 Å². The number of hydrogen-bond donors (Lipinski definition) is 0. The summed E-state index contributed by atoms with van der Waals surface area (Å²) in [6.07, 6.45) is 22.3. The highest BCUT2D eigenvalue weighted by atomic mass is 16.5. The first kappa shape index (κ1) is 17.8. The molecule has 22 heavy (non-hydrogen) atoms. The normalized spacial score (nSPS) is 33.1. The summed E-state index contributed by atoms with van der Waals surface area (Å²) in [6, 6.07) is 0. The highest BCUT2D eigenvalue weighted by Crippen LogP contribution is 2.36. The van der Waals surface area contributed by atoms with Crippen LogP contribution < -0.4 is 0 Å². The van der Waals surface area contributed by atoms with Crippen molar-refractivity contribution >= 4 is 0 Å². The second kappa shape index (κ2) is 10.3. The maximum Gasteiger partial charge on any atom is 0.0575 e. The first-order valence-electron chi connectivity index (χ1n) is 9.67. The van der Waals surface area contributed by atoms with E-state index in [1.54, 1.807) is 0 Å². The molecule has 2 aliphatic rings. The molecule has 0 amide bonds. The Kier molecular flexibility index (Phi) is 8.30. The van der Waals surface area contributed by atoms with Gasteiger partial charge in [0.15, 0.2) is 0 Å². The summed E-state index contributed by atoms with van der Waals surface area (Å²) < 4.78 is 5.92. The molecule has 0 radical (unpaired) electrons. The number of hydrogen-bond acceptors (Lipinski definition) is 1. The van der Waals surface area contributed by atoms with Crippen LogP contribution in [-0.2, 0) is 4.74 Å². The quantitative estimate of drug-likeness (QED) is 0.377. The molecule has 0 spiro atoms. The molecule has 2 rings (SSSR count). The van der Waals surface area contributed by atoms with Crippen molar-refractivity contribution in [2.45, 2.75) is 83.7 Å². The highest BCUT2D eigenvalue weighted by Gasteiger charge is 2.24. The zero-order valence-corrected chi connectivity index (χ0v) is 14.6. The molecular formula is C21H36O. The van der Waals surface area contributed by atoms with Gasteiger partial charge in [0.2, 0.25) is 0 Å². The Morgan fingerprint density at radius 2 is 1.50 bits per heavy atom. The van der Waals surface area contributed by atoms with E-state index in [0.29, 0.717) is 6.10 Å². The van der Waals surface area contributed by atoms with E-state index in [1.807, 2.05) is 6.08 Å². The van der Waals surface area contributed by atoms with Crippen molar-refractivity contribution in [3.8, 4) is 0 Å². The average molecular weight is 305 g/mol. The van der Waals surface area contributed by atoms with E-state index in [4.69, 9.17) is 4.74 Å². The summed E-state index contributed by atoms with van der Waals surface area (Å²) in [5.74, 6) is 2.87. The number of allylic oxidation sites excluding steroid dienone is 2. The van der Waals surface area contributed by atoms with E-state index in [-0.39, 0.29) is 0 Å². The molecule has 1 nitrogen and oxygen atoms in total. The fraction of sp³-hybridized carbons (Fsp3) is 0.810. The largest absolute Gasteiger partial charge is 0.378 e. The van der Waals surface area contributed by atoms with Gasteiger partial charge >= 0.3 is 0 Å². The lowest BCUT2D eigenvalue weighted by atomic mass is 9.77. The molecular weight excluding hydrogens is 268 g/mol. The van der Waals surface area contributed by atoms with E-state index in [9.17, 15) is 0 Å². The molecule has 0 atom stereocenters. The molecule has 0 aromatic carbocycles. The van der Waals surface area contributed by atoms with Gasteiger partial charge in [0.1, 0.15) is 0 Å². The molecule has 0 aromatic heterocycles. The third-order valence-electron chi connectivity index (χ3n) is 5.81. The highest BCUT2D eigenvalue weighted by molar-refractivity contribution is 4.89. The van der Waals surface area contributed by atoms with Gasteiger partial charge in [-0.05, 0) is 82.5 Å². The van der Waals surface area contributed by atoms with E-state index in [0.717, 1.165) is 30.8 Å². The summed E-state index contributed by atoms with van der Waals surface area (Å²) in [4.78, 5) is 0. The van der Waals surface area contributed by atoms with Crippen LogP contribution in [0, 0.1) is 17.8 Å². The maximum atomic E-state index is 5.92. The van der Waals surface area contributed by atoms with E-state index >= 15 is 0 Å². The van der Waals surface area contributed by atoms with E-state index in [1.165, 1.54) is 64.2 Å². The van der Waals surface area contributed by atoms with Crippen LogP contribution in [0.25, 0.3) is 0 Å². The van der Waals surface area contributed by atoms with Gasteiger partial charge in [-0.15, -0.1) is 6.58 Å². The van der Waals surface area contributed by atoms with E-state index < -0.39 is 0 Å². The SMILES string of the molecule is C=CCCOC1CCC(CCC2CCC(C=CC)CC2)CC1. The molecule has 2 fully saturated rings. The molecule has 0 aromatic rings. The van der Waals surface area contributed by atoms with Crippen LogP contribution in [0.1, 0.15) is 77.6 Å². The molecule has 0 aliphatic heterocycles. The van der Waals surface area contributed by atoms with Crippen LogP contribution in [-0.4, -0.2) is 12.7 Å². The second-order valence-electron chi connectivity index (χ2n) is 7.47. The molecule has 0 unspecified atom stereocenters. The van der Waals surface area contributed by atoms with Gasteiger partial charge < -0.3 is 4.74 Å². The average Bonchev–Trinajstić information content (AvgIpc) is 2.56. The van der Waals surface area contributed by atoms with Crippen LogP contribution in [0.2, 0.25) is 0 Å². The first-order chi connectivity index (χ1) is 10.8. The maximum absolute atomic E-state index is 5.92. The predicted octanol–water partition coefficient (Wildman–Crippen LogP) is 6.30. The lowest BCUT2D eigenvalue weighted by Gasteiger charge is -2.31. The zero-order valence-electron chi connectivity index (χ0n) is 14.6. The molecule has 0 N–H and O–H groups in total. The molecule has 0 saturated heterocycles. The van der Waals surface area contributed by atoms with Gasteiger partial charge in [-0.1, -0.05) is 31.1 Å². The summed E-state index contributed by atoms with van der Waals surface area (Å²) >= 11 is 0. The predicted molar refractivity (Wildman–Crippen MR) is 96.0 cm³/mol. The zero-order chi connectivity index (χ0) is 15.6. The minimum atomic E-state index is 0.535. The van der Waals surface area contributed by atoms with Crippen LogP contribution in [0.3, 0.4) is 0 Å². The van der Waals surface area contributed by atoms with Crippen LogP contribution in [0.5, 0.6) is 0 Å². The first-order valence-corrected chi connectivity index (χ1v) is 9.67. The van der Waals surface area contributed by atoms with Crippen molar-refractivity contribution in [3.63, 3.8) is 0 Å². The van der Waals surface area contributed by atoms with Crippen molar-refractivity contribution in [1.29, 1.82) is 0 Å². The lowest BCUT2D eigenvalue weighted by Crippen LogP contribution is -2.23. The van der Waals surface area contributed by atoms with Crippen molar-refractivity contribution in [2.75, 3.05) is 6.61 Å². The van der Waals surface area contributed by atoms with Crippen molar-refractivity contribution in [3.05, 3.63) is 24.8 Å². The summed E-state index contributed by atoms with van der Waals surface area (Å²) in [5.41, 5.74) is 0. The van der Waals surface area contributed by atoms with E-state index in [2.05, 4.69) is 25.7 Å². The van der Waals surface area contributed by atoms with Crippen LogP contribution in [0.15, 0.2) is 24.8 Å². The molecule has 0 bridgehead atoms. The van der Waals surface area contributed by atoms with Crippen molar-refractivity contribution < 1.29 is 4.74 Å². The molecule has 1 heteroatoms. The Bertz CT molecular complexity index is 317. The second-order valence-corrected chi connectivity index (χ2v) is 7.47. The van der Waals surface area contributed by atoms with Gasteiger partial charge in [0.25, 0.3) is 0 Å². The van der Waals surface area contributed by atoms with Gasteiger partial charge in [-0.25, -0.2) is 0 Å². The summed E-state index contributed by atoms with van der Waals surface area (Å²) in [7, 11) is 0. The summed E-state index contributed by atoms with van der Waals surface area (Å²) in [6.45, 7) is 6.78. The fourth-order valence-electron chi connectivity index (χ4n) is 4.32. The number of ether oxygens (including phenoxy) is 1. The van der Waals surface area contributed by atoms with Crippen LogP contribution in [0.4, 0.5) is 0 Å². The Labute approximate surface area is 138 Å². The van der Waals surface area contributed by atoms with Crippen LogP contribution >= 0.6 is 0 Å². The lowest BCUT2D eigenvalue weighted by molar-refractivity contribution is 0.0189. The minimum Gasteiger partial charge on any atom is -0.378 e. The fourth-order valence-corrected chi connectivity index (χ4v) is 4.32. The third kappa shape index (κ3) is 6.28. The Balaban J connectivity index is 1.54. The Hall–Kier alpha value is -0.560. The molecule has 2 aliphatic carbocycles.